The average molecular weight is 719 g/mol. The summed E-state index contributed by atoms with van der Waals surface area (Å²) in [5, 5.41) is 10.6. The Hall–Kier alpha value is -6.00. The van der Waals surface area contributed by atoms with Gasteiger partial charge in [-0.05, 0) is 77.8 Å². The molecule has 17 heteroatoms. The van der Waals surface area contributed by atoms with Crippen LogP contribution in [-0.2, 0) is 11.3 Å². The number of carbonyl (C=O) groups is 4. The van der Waals surface area contributed by atoms with E-state index in [0.717, 1.165) is 0 Å². The van der Waals surface area contributed by atoms with Crippen LogP contribution in [0, 0.1) is 6.92 Å². The van der Waals surface area contributed by atoms with Gasteiger partial charge >= 0.3 is 6.09 Å². The molecule has 0 fully saturated rings. The number of nitrogens with zero attached hydrogens (tertiary/aromatic N) is 5. The number of hydrogen-bond acceptors (Lipinski definition) is 11. The van der Waals surface area contributed by atoms with Crippen LogP contribution < -0.4 is 37.3 Å². The van der Waals surface area contributed by atoms with Gasteiger partial charge in [0.1, 0.15) is 47.2 Å². The number of nitrogen functional groups attached to an aromatic ring is 1. The number of anilines is 3. The fourth-order valence-electron chi connectivity index (χ4n) is 5.86. The first kappa shape index (κ1) is 37.3. The van der Waals surface area contributed by atoms with E-state index in [9.17, 15) is 19.2 Å². The van der Waals surface area contributed by atoms with Crippen molar-refractivity contribution in [2.45, 2.75) is 65.6 Å². The molecule has 4 aromatic rings. The molecule has 1 atom stereocenters. The summed E-state index contributed by atoms with van der Waals surface area (Å²) >= 11 is 0. The molecule has 0 radical (unpaired) electrons. The molecule has 1 aliphatic rings. The van der Waals surface area contributed by atoms with Crippen molar-refractivity contribution in [1.82, 2.24) is 24.2 Å². The number of carbonyl (C=O) groups excluding carboxylic acids is 4. The molecule has 0 bridgehead atoms. The summed E-state index contributed by atoms with van der Waals surface area (Å²) in [6, 6.07) is 7.59. The van der Waals surface area contributed by atoms with Gasteiger partial charge in [-0.1, -0.05) is 0 Å². The molecule has 4 amide bonds. The lowest BCUT2D eigenvalue weighted by atomic mass is 10.1. The van der Waals surface area contributed by atoms with Crippen LogP contribution in [0.25, 0.3) is 11.0 Å². The second-order valence-electron chi connectivity index (χ2n) is 13.5. The van der Waals surface area contributed by atoms with Crippen molar-refractivity contribution in [2.75, 3.05) is 49.7 Å². The van der Waals surface area contributed by atoms with Gasteiger partial charge < -0.3 is 46.2 Å². The molecule has 3 heterocycles. The molecule has 17 nitrogen and oxygen atoms in total. The SMILES string of the molecule is CCn1nc(C)cc1C(=O)Nc1nc2cc(C(N)=O)cc3c2n1[C@@H](CCCNc1c(N)cc(C(N)=O)cc1OCCN(C)C(=O)OC(C)(C)C)CO3. The minimum absolute atomic E-state index is 0.0894. The van der Waals surface area contributed by atoms with Crippen molar-refractivity contribution < 1.29 is 33.4 Å². The number of primary amides is 2. The summed E-state index contributed by atoms with van der Waals surface area (Å²) in [5.41, 5.74) is 20.1. The van der Waals surface area contributed by atoms with E-state index in [0.29, 0.717) is 71.5 Å². The third kappa shape index (κ3) is 8.30. The van der Waals surface area contributed by atoms with E-state index in [4.69, 9.17) is 36.4 Å². The van der Waals surface area contributed by atoms with E-state index in [1.54, 1.807) is 50.7 Å². The molecule has 0 saturated heterocycles. The highest BCUT2D eigenvalue weighted by Crippen LogP contribution is 2.39. The lowest BCUT2D eigenvalue weighted by molar-refractivity contribution is 0.0278. The molecule has 1 aliphatic heterocycles. The van der Waals surface area contributed by atoms with E-state index in [1.807, 2.05) is 18.4 Å². The van der Waals surface area contributed by atoms with Crippen molar-refractivity contribution in [3.63, 3.8) is 0 Å². The first-order chi connectivity index (χ1) is 24.6. The average Bonchev–Trinajstić information content (AvgIpc) is 3.64. The lowest BCUT2D eigenvalue weighted by Gasteiger charge is -2.27. The number of imidazole rings is 1. The molecule has 52 heavy (non-hydrogen) atoms. The number of hydrogen-bond donors (Lipinski definition) is 5. The largest absolute Gasteiger partial charge is 0.489 e. The van der Waals surface area contributed by atoms with Gasteiger partial charge in [-0.3, -0.25) is 24.4 Å². The first-order valence-corrected chi connectivity index (χ1v) is 16.9. The van der Waals surface area contributed by atoms with Gasteiger partial charge in [-0.25, -0.2) is 9.78 Å². The topological polar surface area (TPSA) is 237 Å². The lowest BCUT2D eigenvalue weighted by Crippen LogP contribution is -2.36. The molecule has 2 aromatic carbocycles. The molecule has 0 saturated carbocycles. The highest BCUT2D eigenvalue weighted by molar-refractivity contribution is 6.04. The Kier molecular flexibility index (Phi) is 10.8. The predicted octanol–water partition coefficient (Wildman–Crippen LogP) is 3.66. The van der Waals surface area contributed by atoms with E-state index >= 15 is 0 Å². The maximum absolute atomic E-state index is 13.5. The monoisotopic (exact) mass is 718 g/mol. The van der Waals surface area contributed by atoms with Crippen molar-refractivity contribution in [3.05, 3.63) is 52.8 Å². The minimum atomic E-state index is -0.668. The summed E-state index contributed by atoms with van der Waals surface area (Å²) in [6.45, 7) is 10.5. The van der Waals surface area contributed by atoms with Crippen LogP contribution >= 0.6 is 0 Å². The van der Waals surface area contributed by atoms with Gasteiger partial charge in [0.05, 0.1) is 29.5 Å². The number of benzene rings is 2. The van der Waals surface area contributed by atoms with Crippen molar-refractivity contribution in [3.8, 4) is 11.5 Å². The summed E-state index contributed by atoms with van der Waals surface area (Å²) < 4.78 is 21.0. The summed E-state index contributed by atoms with van der Waals surface area (Å²) in [6.07, 6.45) is 0.693. The van der Waals surface area contributed by atoms with Crippen molar-refractivity contribution in [2.24, 2.45) is 11.5 Å². The summed E-state index contributed by atoms with van der Waals surface area (Å²) in [7, 11) is 1.60. The van der Waals surface area contributed by atoms with Gasteiger partial charge in [0.15, 0.2) is 0 Å². The number of aromatic nitrogens is 4. The van der Waals surface area contributed by atoms with Gasteiger partial charge in [-0.15, -0.1) is 0 Å². The van der Waals surface area contributed by atoms with Crippen LogP contribution in [0.15, 0.2) is 30.3 Å². The van der Waals surface area contributed by atoms with Crippen LogP contribution in [-0.4, -0.2) is 87.0 Å². The Labute approximate surface area is 300 Å². The molecule has 0 aliphatic carbocycles. The minimum Gasteiger partial charge on any atom is -0.489 e. The van der Waals surface area contributed by atoms with Crippen molar-refractivity contribution in [1.29, 1.82) is 0 Å². The summed E-state index contributed by atoms with van der Waals surface area (Å²) in [5.74, 6) is -0.641. The van der Waals surface area contributed by atoms with E-state index in [-0.39, 0.29) is 48.5 Å². The van der Waals surface area contributed by atoms with Gasteiger partial charge in [0.25, 0.3) is 5.91 Å². The Balaban J connectivity index is 1.32. The molecular weight excluding hydrogens is 672 g/mol. The Morgan fingerprint density at radius 3 is 2.46 bits per heavy atom. The first-order valence-electron chi connectivity index (χ1n) is 16.9. The highest BCUT2D eigenvalue weighted by atomic mass is 16.6. The van der Waals surface area contributed by atoms with Gasteiger partial charge in [0.2, 0.25) is 17.8 Å². The van der Waals surface area contributed by atoms with E-state index in [1.165, 1.54) is 17.0 Å². The number of ether oxygens (including phenoxy) is 3. The number of aryl methyl sites for hydroxylation is 2. The molecule has 5 rings (SSSR count). The van der Waals surface area contributed by atoms with Gasteiger partial charge in [-0.2, -0.15) is 5.10 Å². The van der Waals surface area contributed by atoms with Gasteiger partial charge in [0, 0.05) is 31.3 Å². The second kappa shape index (κ2) is 15.1. The van der Waals surface area contributed by atoms with Crippen LogP contribution in [0.4, 0.5) is 22.1 Å². The Bertz CT molecular complexity index is 2010. The zero-order valence-corrected chi connectivity index (χ0v) is 30.2. The number of amides is 4. The third-order valence-electron chi connectivity index (χ3n) is 8.31. The second-order valence-corrected chi connectivity index (χ2v) is 13.5. The number of nitrogens with two attached hydrogens (primary N) is 3. The zero-order valence-electron chi connectivity index (χ0n) is 30.2. The van der Waals surface area contributed by atoms with Crippen LogP contribution in [0.1, 0.15) is 83.5 Å². The Morgan fingerprint density at radius 2 is 1.79 bits per heavy atom. The molecule has 0 unspecified atom stereocenters. The van der Waals surface area contributed by atoms with Crippen LogP contribution in [0.3, 0.4) is 0 Å². The molecule has 8 N–H and O–H groups in total. The third-order valence-corrected chi connectivity index (χ3v) is 8.31. The smallest absolute Gasteiger partial charge is 0.410 e. The Morgan fingerprint density at radius 1 is 1.08 bits per heavy atom. The normalized spacial score (nSPS) is 13.7. The van der Waals surface area contributed by atoms with Crippen molar-refractivity contribution >= 4 is 52.2 Å². The fourth-order valence-corrected chi connectivity index (χ4v) is 5.86. The fraction of sp³-hybridized carbons (Fsp3) is 0.429. The highest BCUT2D eigenvalue weighted by Gasteiger charge is 2.30. The van der Waals surface area contributed by atoms with E-state index in [2.05, 4.69) is 15.7 Å². The quantitative estimate of drug-likeness (QED) is 0.0931. The maximum atomic E-state index is 13.5. The van der Waals surface area contributed by atoms with Crippen LogP contribution in [0.2, 0.25) is 0 Å². The maximum Gasteiger partial charge on any atom is 0.410 e. The van der Waals surface area contributed by atoms with Crippen LogP contribution in [0.5, 0.6) is 11.5 Å². The molecular formula is C35H46N10O7. The molecule has 2 aromatic heterocycles. The predicted molar refractivity (Wildman–Crippen MR) is 195 cm³/mol. The van der Waals surface area contributed by atoms with E-state index < -0.39 is 23.5 Å². The standard InChI is InChI=1S/C35H46N10O7/c1-7-44-25(13-19(2)42-44)32(48)41-33-40-24-15-21(31(38)47)17-27-29(24)45(33)22(18-51-27)9-8-10-39-28-23(36)14-20(30(37)46)16-26(28)50-12-11-43(6)34(49)52-35(3,4)5/h13-17,22,39H,7-12,18,36H2,1-6H3,(H2,37,46)(H2,38,47)(H,40,41,48)/t22-/m0/s1. The molecule has 278 valence electrons. The number of likely N-dealkylation sites (N-methyl/N-ethyl adjacent to an activating group) is 1. The summed E-state index contributed by atoms with van der Waals surface area (Å²) in [4.78, 5) is 56.0. The zero-order chi connectivity index (χ0) is 37.9. The number of nitrogens with one attached hydrogen (secondary N) is 2. The number of rotatable bonds is 14. The molecule has 0 spiro atoms.